The Morgan fingerprint density at radius 2 is 1.59 bits per heavy atom. The molecule has 0 bridgehead atoms. The number of halogens is 1. The third-order valence-corrected chi connectivity index (χ3v) is 7.04. The zero-order valence-electron chi connectivity index (χ0n) is 18.6. The molecule has 9 heteroatoms. The number of benzene rings is 3. The first-order chi connectivity index (χ1) is 16.4. The number of nitrogens with one attached hydrogen (secondary N) is 1. The van der Waals surface area contributed by atoms with Crippen molar-refractivity contribution in [3.8, 4) is 11.5 Å². The summed E-state index contributed by atoms with van der Waals surface area (Å²) in [4.78, 5) is 5.24. The SMILES string of the molecule is [O-][Cl+3]([O-])([O-])[O-].c1ccc2c3c(c4c(c2c1)N=c1cc2c5c(c1O4)CCC[N+]=5CCC2)CCCN3. The molecule has 4 aliphatic rings. The van der Waals surface area contributed by atoms with Gasteiger partial charge in [-0.15, -0.1) is 10.2 Å². The summed E-state index contributed by atoms with van der Waals surface area (Å²) < 4.78 is 43.3. The first kappa shape index (κ1) is 21.8. The van der Waals surface area contributed by atoms with Crippen LogP contribution in [0.4, 0.5) is 11.4 Å². The van der Waals surface area contributed by atoms with Gasteiger partial charge in [-0.05, 0) is 31.7 Å². The second-order valence-corrected chi connectivity index (χ2v) is 9.86. The van der Waals surface area contributed by atoms with Gasteiger partial charge in [-0.3, -0.25) is 0 Å². The van der Waals surface area contributed by atoms with Crippen molar-refractivity contribution >= 4 is 22.1 Å². The van der Waals surface area contributed by atoms with Gasteiger partial charge in [0, 0.05) is 47.0 Å². The summed E-state index contributed by atoms with van der Waals surface area (Å²) in [6.45, 7) is 3.38. The van der Waals surface area contributed by atoms with Crippen LogP contribution in [0.5, 0.6) is 11.5 Å². The van der Waals surface area contributed by atoms with E-state index in [4.69, 9.17) is 28.4 Å². The van der Waals surface area contributed by atoms with E-state index in [-0.39, 0.29) is 0 Å². The van der Waals surface area contributed by atoms with Crippen LogP contribution in [-0.4, -0.2) is 19.6 Å². The molecule has 0 radical (unpaired) electrons. The lowest BCUT2D eigenvalue weighted by atomic mass is 9.92. The zero-order valence-corrected chi connectivity index (χ0v) is 19.3. The molecule has 0 saturated heterocycles. The first-order valence-corrected chi connectivity index (χ1v) is 12.9. The fourth-order valence-electron chi connectivity index (χ4n) is 5.82. The zero-order chi connectivity index (χ0) is 23.4. The standard InChI is InChI=1S/C25H23N3O.ClHO4/c1-2-8-17-16(7-1)21-18(9-3-11-26-21)25-22(17)27-20-14-15-6-4-12-28-13-5-10-19(23(15)28)24(20)29-25;2-1(3,4)5/h1-2,7-8,14H,3-6,9-13H2;(H,2,3,4,5). The highest BCUT2D eigenvalue weighted by Gasteiger charge is 2.31. The largest absolute Gasteiger partial charge is 0.452 e. The number of nitrogens with zero attached hydrogens (tertiary/aromatic N) is 2. The van der Waals surface area contributed by atoms with Crippen molar-refractivity contribution in [3.63, 3.8) is 0 Å². The molecule has 4 heterocycles. The van der Waals surface area contributed by atoms with E-state index in [1.54, 1.807) is 0 Å². The third kappa shape index (κ3) is 3.72. The van der Waals surface area contributed by atoms with Crippen LogP contribution in [0.25, 0.3) is 10.8 Å². The molecule has 0 aromatic heterocycles. The van der Waals surface area contributed by atoms with Crippen molar-refractivity contribution in [2.75, 3.05) is 25.0 Å². The topological polar surface area (TPSA) is 129 Å². The van der Waals surface area contributed by atoms with E-state index in [0.717, 1.165) is 54.8 Å². The maximum atomic E-state index is 8.49. The lowest BCUT2D eigenvalue weighted by Crippen LogP contribution is -2.68. The smallest absolute Gasteiger partial charge is 0.210 e. The lowest BCUT2D eigenvalue weighted by molar-refractivity contribution is -2.00. The van der Waals surface area contributed by atoms with Crippen molar-refractivity contribution in [1.29, 1.82) is 0 Å². The number of fused-ring (bicyclic) bond motifs is 8. The van der Waals surface area contributed by atoms with Crippen LogP contribution in [-0.2, 0) is 19.3 Å². The van der Waals surface area contributed by atoms with E-state index in [1.165, 1.54) is 64.4 Å². The Hall–Kier alpha value is -2.75. The molecule has 0 aliphatic carbocycles. The molecule has 0 unspecified atom stereocenters. The summed E-state index contributed by atoms with van der Waals surface area (Å²) in [5.74, 6) is 2.01. The Morgan fingerprint density at radius 1 is 0.882 bits per heavy atom. The van der Waals surface area contributed by atoms with Gasteiger partial charge in [-0.2, -0.15) is 0 Å². The Labute approximate surface area is 198 Å². The summed E-state index contributed by atoms with van der Waals surface area (Å²) in [6, 6.07) is 10.9. The van der Waals surface area contributed by atoms with Gasteiger partial charge in [0.1, 0.15) is 24.1 Å². The molecule has 0 amide bonds. The summed E-state index contributed by atoms with van der Waals surface area (Å²) in [5.41, 5.74) is 6.42. The molecule has 0 atom stereocenters. The highest BCUT2D eigenvalue weighted by Crippen LogP contribution is 2.49. The fraction of sp³-hybridized carbons (Fsp3) is 0.360. The molecule has 7 rings (SSSR count). The van der Waals surface area contributed by atoms with Crippen molar-refractivity contribution in [3.05, 3.63) is 57.7 Å². The van der Waals surface area contributed by atoms with Crippen molar-refractivity contribution < 1.29 is 33.6 Å². The van der Waals surface area contributed by atoms with Crippen LogP contribution in [0.1, 0.15) is 36.0 Å². The molecule has 176 valence electrons. The number of anilines is 1. The van der Waals surface area contributed by atoms with Crippen LogP contribution >= 0.6 is 0 Å². The molecule has 34 heavy (non-hydrogen) atoms. The number of rotatable bonds is 0. The minimum Gasteiger partial charge on any atom is -0.452 e. The third-order valence-electron chi connectivity index (χ3n) is 7.04. The normalized spacial score (nSPS) is 17.6. The highest BCUT2D eigenvalue weighted by molar-refractivity contribution is 6.06. The molecular weight excluding hydrogens is 458 g/mol. The number of aryl methyl sites for hydroxylation is 1. The predicted molar refractivity (Wildman–Crippen MR) is 115 cm³/mol. The van der Waals surface area contributed by atoms with E-state index >= 15 is 0 Å². The predicted octanol–water partition coefficient (Wildman–Crippen LogP) is -1.12. The van der Waals surface area contributed by atoms with Gasteiger partial charge in [-0.1, -0.05) is 24.3 Å². The van der Waals surface area contributed by atoms with Crippen LogP contribution in [0.2, 0.25) is 0 Å². The van der Waals surface area contributed by atoms with Gasteiger partial charge in [0.25, 0.3) is 0 Å². The second-order valence-electron chi connectivity index (χ2n) is 9.10. The monoisotopic (exact) mass is 481 g/mol. The minimum atomic E-state index is -4.94. The molecular formula is C25H24ClN3O5. The fourth-order valence-corrected chi connectivity index (χ4v) is 5.82. The van der Waals surface area contributed by atoms with Gasteiger partial charge in [-0.25, -0.2) is 28.2 Å². The van der Waals surface area contributed by atoms with Crippen molar-refractivity contribution in [2.24, 2.45) is 4.99 Å². The highest BCUT2D eigenvalue weighted by atomic mass is 35.7. The summed E-state index contributed by atoms with van der Waals surface area (Å²) in [5, 5.41) is 8.58. The molecule has 3 aromatic rings. The Bertz CT molecular complexity index is 1440. The van der Waals surface area contributed by atoms with Crippen molar-refractivity contribution in [1.82, 2.24) is 4.58 Å². The van der Waals surface area contributed by atoms with E-state index in [9.17, 15) is 0 Å². The Balaban J connectivity index is 0.000000398. The Kier molecular flexibility index (Phi) is 5.24. The lowest BCUT2D eigenvalue weighted by Gasteiger charge is -2.28. The molecule has 0 saturated carbocycles. The summed E-state index contributed by atoms with van der Waals surface area (Å²) in [7, 11) is -4.94. The molecule has 0 fully saturated rings. The average Bonchev–Trinajstić information content (AvgIpc) is 2.83. The maximum Gasteiger partial charge on any atom is 0.210 e. The van der Waals surface area contributed by atoms with E-state index in [2.05, 4.69) is 40.2 Å². The quantitative estimate of drug-likeness (QED) is 0.317. The van der Waals surface area contributed by atoms with Gasteiger partial charge in [0.05, 0.1) is 5.56 Å². The van der Waals surface area contributed by atoms with E-state index < -0.39 is 10.2 Å². The Morgan fingerprint density at radius 3 is 2.38 bits per heavy atom. The van der Waals surface area contributed by atoms with Gasteiger partial charge < -0.3 is 10.1 Å². The summed E-state index contributed by atoms with van der Waals surface area (Å²) >= 11 is 0. The molecule has 3 aromatic carbocycles. The number of hydrogen-bond donors (Lipinski definition) is 1. The van der Waals surface area contributed by atoms with E-state index in [1.807, 2.05) is 0 Å². The van der Waals surface area contributed by atoms with Crippen LogP contribution < -0.4 is 44.0 Å². The van der Waals surface area contributed by atoms with Gasteiger partial charge in [0.2, 0.25) is 5.36 Å². The van der Waals surface area contributed by atoms with Crippen molar-refractivity contribution in [2.45, 2.75) is 38.5 Å². The molecule has 4 aliphatic heterocycles. The molecule has 1 N–H and O–H groups in total. The summed E-state index contributed by atoms with van der Waals surface area (Å²) in [6.07, 6.45) is 6.89. The number of ether oxygens (including phenoxy) is 1. The van der Waals surface area contributed by atoms with E-state index in [0.29, 0.717) is 0 Å². The van der Waals surface area contributed by atoms with Gasteiger partial charge >= 0.3 is 0 Å². The molecule has 8 nitrogen and oxygen atoms in total. The number of hydrogen-bond acceptors (Lipinski definition) is 7. The van der Waals surface area contributed by atoms with Gasteiger partial charge in [0.15, 0.2) is 11.5 Å². The maximum absolute atomic E-state index is 8.49. The first-order valence-electron chi connectivity index (χ1n) is 11.6. The second kappa shape index (κ2) is 8.18. The van der Waals surface area contributed by atoms with Crippen LogP contribution in [0, 0.1) is 10.2 Å². The minimum absolute atomic E-state index is 0.988. The average molecular weight is 482 g/mol. The molecule has 0 spiro atoms. The van der Waals surface area contributed by atoms with Crippen LogP contribution in [0.3, 0.4) is 0 Å². The van der Waals surface area contributed by atoms with Crippen LogP contribution in [0.15, 0.2) is 35.3 Å².